The molecule has 2 aliphatic rings. The molecule has 0 radical (unpaired) electrons. The van der Waals surface area contributed by atoms with Crippen molar-refractivity contribution >= 4 is 28.1 Å². The highest BCUT2D eigenvalue weighted by Crippen LogP contribution is 2.31. The maximum absolute atomic E-state index is 12.7. The lowest BCUT2D eigenvalue weighted by atomic mass is 9.99. The third-order valence-electron chi connectivity index (χ3n) is 8.65. The number of aliphatic imine (C=N–C) groups is 1. The number of para-hydroxylation sites is 2. The number of likely N-dealkylation sites (tertiary alicyclic amines) is 1. The Kier molecular flexibility index (Phi) is 7.60. The lowest BCUT2D eigenvalue weighted by Gasteiger charge is -2.32. The lowest BCUT2D eigenvalue weighted by Crippen LogP contribution is -2.39. The molecular weight excluding hydrogens is 550 g/mol. The van der Waals surface area contributed by atoms with Gasteiger partial charge < -0.3 is 20.5 Å². The number of H-pyrrole nitrogens is 1. The first-order chi connectivity index (χ1) is 21.5. The second-order valence-electron chi connectivity index (χ2n) is 11.6. The number of rotatable bonds is 7. The van der Waals surface area contributed by atoms with E-state index in [1.165, 1.54) is 5.56 Å². The van der Waals surface area contributed by atoms with Crippen LogP contribution in [0.2, 0.25) is 0 Å². The van der Waals surface area contributed by atoms with Gasteiger partial charge in [0.25, 0.3) is 0 Å². The first-order valence-electron chi connectivity index (χ1n) is 15.1. The third-order valence-corrected chi connectivity index (χ3v) is 8.65. The van der Waals surface area contributed by atoms with E-state index >= 15 is 0 Å². The molecule has 2 aliphatic heterocycles. The van der Waals surface area contributed by atoms with Gasteiger partial charge in [0.15, 0.2) is 6.23 Å². The summed E-state index contributed by atoms with van der Waals surface area (Å²) in [5.41, 5.74) is 8.13. The van der Waals surface area contributed by atoms with Gasteiger partial charge >= 0.3 is 5.69 Å². The molecule has 0 aliphatic carbocycles. The summed E-state index contributed by atoms with van der Waals surface area (Å²) in [6.45, 7) is 2.69. The fraction of sp³-hybridized carbons (Fsp3) is 0.222. The third kappa shape index (κ3) is 5.69. The fourth-order valence-corrected chi connectivity index (χ4v) is 6.34. The predicted octanol–water partition coefficient (Wildman–Crippen LogP) is 5.30. The highest BCUT2D eigenvalue weighted by molar-refractivity contribution is 6.03. The van der Waals surface area contributed by atoms with Gasteiger partial charge in [-0.15, -0.1) is 0 Å². The summed E-state index contributed by atoms with van der Waals surface area (Å²) in [4.78, 5) is 23.1. The van der Waals surface area contributed by atoms with Gasteiger partial charge in [-0.1, -0.05) is 78.9 Å². The Labute approximate surface area is 255 Å². The molecular formula is C36H35N5O3. The van der Waals surface area contributed by atoms with E-state index in [4.69, 9.17) is 4.99 Å². The molecule has 0 spiro atoms. The Morgan fingerprint density at radius 3 is 2.23 bits per heavy atom. The van der Waals surface area contributed by atoms with E-state index in [9.17, 15) is 15.0 Å². The number of aromatic nitrogens is 2. The second-order valence-corrected chi connectivity index (χ2v) is 11.6. The zero-order valence-electron chi connectivity index (χ0n) is 24.4. The molecule has 8 nitrogen and oxygen atoms in total. The van der Waals surface area contributed by atoms with Gasteiger partial charge in [0.05, 0.1) is 28.1 Å². The largest absolute Gasteiger partial charge is 0.508 e. The fourth-order valence-electron chi connectivity index (χ4n) is 6.34. The number of aliphatic hydroxyl groups is 1. The van der Waals surface area contributed by atoms with Crippen LogP contribution in [0.25, 0.3) is 22.4 Å². The summed E-state index contributed by atoms with van der Waals surface area (Å²) in [6, 6.07) is 33.6. The summed E-state index contributed by atoms with van der Waals surface area (Å²) in [5, 5.41) is 24.0. The summed E-state index contributed by atoms with van der Waals surface area (Å²) < 4.78 is 1.93. The van der Waals surface area contributed by atoms with Crippen LogP contribution in [0.5, 0.6) is 5.75 Å². The summed E-state index contributed by atoms with van der Waals surface area (Å²) in [5.74, 6) is 0.209. The average Bonchev–Trinajstić information content (AvgIpc) is 3.39. The molecule has 222 valence electrons. The van der Waals surface area contributed by atoms with E-state index in [1.54, 1.807) is 12.1 Å². The number of hydrogen-bond donors (Lipinski definition) is 4. The molecule has 1 aromatic heterocycles. The number of imidazole rings is 1. The van der Waals surface area contributed by atoms with Crippen molar-refractivity contribution < 1.29 is 10.2 Å². The summed E-state index contributed by atoms with van der Waals surface area (Å²) >= 11 is 0. The van der Waals surface area contributed by atoms with Gasteiger partial charge in [0.1, 0.15) is 5.75 Å². The van der Waals surface area contributed by atoms with Crippen LogP contribution < -0.4 is 11.0 Å². The van der Waals surface area contributed by atoms with E-state index in [-0.39, 0.29) is 17.5 Å². The zero-order chi connectivity index (χ0) is 30.0. The highest BCUT2D eigenvalue weighted by atomic mass is 16.3. The van der Waals surface area contributed by atoms with E-state index in [2.05, 4.69) is 39.5 Å². The van der Waals surface area contributed by atoms with Crippen LogP contribution in [-0.4, -0.2) is 49.7 Å². The Bertz CT molecular complexity index is 1880. The van der Waals surface area contributed by atoms with Crippen molar-refractivity contribution in [3.63, 3.8) is 0 Å². The highest BCUT2D eigenvalue weighted by Gasteiger charge is 2.26. The molecule has 3 heterocycles. The van der Waals surface area contributed by atoms with Crippen molar-refractivity contribution in [2.75, 3.05) is 13.1 Å². The minimum atomic E-state index is -0.933. The average molecular weight is 586 g/mol. The van der Waals surface area contributed by atoms with Crippen molar-refractivity contribution in [1.82, 2.24) is 19.8 Å². The predicted molar refractivity (Wildman–Crippen MR) is 174 cm³/mol. The van der Waals surface area contributed by atoms with Gasteiger partial charge in [-0.25, -0.2) is 9.79 Å². The van der Waals surface area contributed by atoms with Gasteiger partial charge in [0, 0.05) is 37.7 Å². The molecule has 1 unspecified atom stereocenters. The number of benzene rings is 4. The van der Waals surface area contributed by atoms with E-state index in [1.807, 2.05) is 71.3 Å². The molecule has 0 saturated carbocycles. The minimum absolute atomic E-state index is 0.0253. The minimum Gasteiger partial charge on any atom is -0.508 e. The van der Waals surface area contributed by atoms with Gasteiger partial charge in [-0.3, -0.25) is 9.47 Å². The number of phenolic OH excluding ortho intramolecular Hbond substituents is 1. The Hall–Kier alpha value is -4.92. The number of hydrogen-bond acceptors (Lipinski definition) is 6. The Morgan fingerprint density at radius 1 is 0.795 bits per heavy atom. The van der Waals surface area contributed by atoms with Crippen LogP contribution in [0, 0.1) is 0 Å². The normalized spacial score (nSPS) is 17.9. The molecule has 4 N–H and O–H groups in total. The summed E-state index contributed by atoms with van der Waals surface area (Å²) in [7, 11) is 0. The van der Waals surface area contributed by atoms with Gasteiger partial charge in [-0.05, 0) is 53.8 Å². The maximum atomic E-state index is 12.7. The first kappa shape index (κ1) is 27.9. The molecule has 1 atom stereocenters. The van der Waals surface area contributed by atoms with Crippen LogP contribution in [0.15, 0.2) is 113 Å². The topological polar surface area (TPSA) is 106 Å². The van der Waals surface area contributed by atoms with E-state index in [0.717, 1.165) is 71.6 Å². The molecule has 4 aromatic carbocycles. The van der Waals surface area contributed by atoms with Crippen molar-refractivity contribution in [2.24, 2.45) is 4.99 Å². The van der Waals surface area contributed by atoms with Crippen molar-refractivity contribution in [1.29, 1.82) is 0 Å². The quantitative estimate of drug-likeness (QED) is 0.207. The van der Waals surface area contributed by atoms with Crippen LogP contribution in [0.4, 0.5) is 0 Å². The van der Waals surface area contributed by atoms with Crippen LogP contribution in [-0.2, 0) is 13.0 Å². The number of phenols is 1. The number of nitrogens with zero attached hydrogens (tertiary/aromatic N) is 3. The second kappa shape index (κ2) is 12.0. The number of fused-ring (bicyclic) bond motifs is 1. The number of aromatic amines is 1. The van der Waals surface area contributed by atoms with E-state index < -0.39 is 6.23 Å². The van der Waals surface area contributed by atoms with Crippen molar-refractivity contribution in [2.45, 2.75) is 38.1 Å². The molecule has 0 amide bonds. The summed E-state index contributed by atoms with van der Waals surface area (Å²) in [6.07, 6.45) is 1.39. The number of nitrogens with one attached hydrogen (secondary N) is 2. The van der Waals surface area contributed by atoms with E-state index in [0.29, 0.717) is 12.1 Å². The molecule has 0 bridgehead atoms. The standard InChI is InChI=1S/C36H35N5O3/c42-29-16-12-24(13-17-29)22-31-35(43)39-34(33(37-31)26-6-2-1-3-7-26)27-14-10-25(11-15-27)23-40-20-18-28(19-21-40)41-32-9-5-4-8-30(32)38-36(41)44/h1-17,28,35,39,42-43H,18-23H2,(H,38,44). The molecule has 7 rings (SSSR count). The molecule has 44 heavy (non-hydrogen) atoms. The number of aliphatic hydroxyl groups excluding tert-OH is 1. The van der Waals surface area contributed by atoms with Crippen LogP contribution in [0.1, 0.15) is 41.1 Å². The molecule has 5 aromatic rings. The van der Waals surface area contributed by atoms with Crippen molar-refractivity contribution in [3.8, 4) is 5.75 Å². The van der Waals surface area contributed by atoms with Crippen LogP contribution in [0.3, 0.4) is 0 Å². The smallest absolute Gasteiger partial charge is 0.326 e. The van der Waals surface area contributed by atoms with Crippen molar-refractivity contribution in [3.05, 3.63) is 136 Å². The lowest BCUT2D eigenvalue weighted by molar-refractivity contribution is 0.180. The Balaban J connectivity index is 1.08. The van der Waals surface area contributed by atoms with Crippen LogP contribution >= 0.6 is 0 Å². The van der Waals surface area contributed by atoms with Gasteiger partial charge in [0.2, 0.25) is 0 Å². The van der Waals surface area contributed by atoms with Gasteiger partial charge in [-0.2, -0.15) is 0 Å². The zero-order valence-corrected chi connectivity index (χ0v) is 24.4. The SMILES string of the molecule is O=c1[nH]c2ccccc2n1C1CCN(Cc2ccc(C3=C(c4ccccc4)N=C(Cc4ccc(O)cc4)C(O)N3)cc2)CC1. The molecule has 1 saturated heterocycles. The molecule has 1 fully saturated rings. The number of piperidine rings is 1. The maximum Gasteiger partial charge on any atom is 0.326 e. The number of aromatic hydroxyl groups is 1. The Morgan fingerprint density at radius 2 is 1.48 bits per heavy atom. The monoisotopic (exact) mass is 585 g/mol. The molecule has 8 heteroatoms. The first-order valence-corrected chi connectivity index (χ1v) is 15.1.